The number of nitrogens with zero attached hydrogens (tertiary/aromatic N) is 2. The average Bonchev–Trinajstić information content (AvgIpc) is 2.06. The third kappa shape index (κ3) is 27.3. The van der Waals surface area contributed by atoms with E-state index in [9.17, 15) is 0 Å². The Kier molecular flexibility index (Phi) is 18.6. The molecule has 11 heavy (non-hydrogen) atoms. The van der Waals surface area contributed by atoms with Crippen LogP contribution in [-0.4, -0.2) is 36.6 Å². The lowest BCUT2D eigenvalue weighted by molar-refractivity contribution is 0.177. The van der Waals surface area contributed by atoms with Gasteiger partial charge in [0.25, 0.3) is 0 Å². The summed E-state index contributed by atoms with van der Waals surface area (Å²) in [5, 5.41) is 21.0. The van der Waals surface area contributed by atoms with E-state index in [-0.39, 0.29) is 0 Å². The van der Waals surface area contributed by atoms with Gasteiger partial charge >= 0.3 is 0 Å². The molecule has 0 aliphatic carbocycles. The standard InChI is InChI=1S/C4H13N3.H2N2O2/c5-1-3-7-4-2-6;3-1-2-4/h7H,1-6H2;(H,1,4)(H,2,3). The monoisotopic (exact) mass is 165 g/mol. The quantitative estimate of drug-likeness (QED) is 0.201. The van der Waals surface area contributed by atoms with E-state index in [1.807, 2.05) is 10.6 Å². The van der Waals surface area contributed by atoms with Gasteiger partial charge in [0.05, 0.1) is 10.6 Å². The maximum atomic E-state index is 7.08. The number of rotatable bonds is 4. The molecule has 7 nitrogen and oxygen atoms in total. The van der Waals surface area contributed by atoms with Crippen LogP contribution in [0.4, 0.5) is 0 Å². The van der Waals surface area contributed by atoms with E-state index >= 15 is 0 Å². The molecular formula is C4H15N5O2. The third-order valence-electron chi connectivity index (χ3n) is 0.682. The Labute approximate surface area is 65.0 Å². The summed E-state index contributed by atoms with van der Waals surface area (Å²) in [6, 6.07) is 0. The molecule has 68 valence electrons. The van der Waals surface area contributed by atoms with Crippen molar-refractivity contribution >= 4 is 0 Å². The van der Waals surface area contributed by atoms with Crippen molar-refractivity contribution in [3.8, 4) is 0 Å². The van der Waals surface area contributed by atoms with Crippen molar-refractivity contribution in [2.45, 2.75) is 0 Å². The van der Waals surface area contributed by atoms with Crippen LogP contribution in [-0.2, 0) is 0 Å². The molecule has 0 saturated carbocycles. The minimum atomic E-state index is 0.694. The maximum absolute atomic E-state index is 7.08. The van der Waals surface area contributed by atoms with Crippen molar-refractivity contribution in [1.29, 1.82) is 0 Å². The smallest absolute Gasteiger partial charge is 0.0606 e. The Morgan fingerprint density at radius 3 is 1.55 bits per heavy atom. The van der Waals surface area contributed by atoms with Gasteiger partial charge in [0.2, 0.25) is 0 Å². The molecule has 0 aromatic heterocycles. The first kappa shape index (κ1) is 12.7. The van der Waals surface area contributed by atoms with Crippen molar-refractivity contribution in [1.82, 2.24) is 5.32 Å². The van der Waals surface area contributed by atoms with Crippen LogP contribution >= 0.6 is 0 Å². The van der Waals surface area contributed by atoms with Crippen LogP contribution < -0.4 is 16.8 Å². The van der Waals surface area contributed by atoms with E-state index in [4.69, 9.17) is 21.9 Å². The van der Waals surface area contributed by atoms with Crippen molar-refractivity contribution < 1.29 is 10.4 Å². The molecule has 0 aliphatic rings. The Balaban J connectivity index is 0. The molecule has 0 aromatic rings. The zero-order valence-electron chi connectivity index (χ0n) is 6.27. The van der Waals surface area contributed by atoms with Crippen LogP contribution in [0.3, 0.4) is 0 Å². The molecule has 0 spiro atoms. The highest BCUT2D eigenvalue weighted by molar-refractivity contribution is 4.45. The van der Waals surface area contributed by atoms with Gasteiger partial charge in [0.1, 0.15) is 0 Å². The molecule has 0 fully saturated rings. The highest BCUT2D eigenvalue weighted by Gasteiger charge is 1.76. The average molecular weight is 165 g/mol. The summed E-state index contributed by atoms with van der Waals surface area (Å²) >= 11 is 0. The third-order valence-corrected chi connectivity index (χ3v) is 0.682. The van der Waals surface area contributed by atoms with Gasteiger partial charge in [0.15, 0.2) is 0 Å². The van der Waals surface area contributed by atoms with Crippen molar-refractivity contribution in [2.75, 3.05) is 26.2 Å². The molecule has 0 aromatic carbocycles. The van der Waals surface area contributed by atoms with E-state index in [0.717, 1.165) is 13.1 Å². The van der Waals surface area contributed by atoms with Crippen LogP contribution in [0.15, 0.2) is 10.6 Å². The highest BCUT2D eigenvalue weighted by Crippen LogP contribution is 1.49. The van der Waals surface area contributed by atoms with Crippen LogP contribution in [0.25, 0.3) is 0 Å². The zero-order chi connectivity index (χ0) is 8.95. The first-order chi connectivity index (χ1) is 5.33. The molecule has 0 atom stereocenters. The molecule has 0 unspecified atom stereocenters. The molecule has 0 rings (SSSR count). The van der Waals surface area contributed by atoms with Gasteiger partial charge in [-0.25, -0.2) is 0 Å². The SMILES string of the molecule is NCCNCCN.ON=NO. The van der Waals surface area contributed by atoms with Crippen LogP contribution in [0.1, 0.15) is 0 Å². The van der Waals surface area contributed by atoms with Gasteiger partial charge < -0.3 is 27.2 Å². The Hall–Kier alpha value is -0.920. The van der Waals surface area contributed by atoms with Crippen LogP contribution in [0.5, 0.6) is 0 Å². The van der Waals surface area contributed by atoms with E-state index in [0.29, 0.717) is 13.1 Å². The molecule has 7 N–H and O–H groups in total. The fourth-order valence-corrected chi connectivity index (χ4v) is 0.329. The first-order valence-electron chi connectivity index (χ1n) is 3.12. The van der Waals surface area contributed by atoms with Gasteiger partial charge in [-0.1, -0.05) is 0 Å². The lowest BCUT2D eigenvalue weighted by atomic mass is 10.6. The van der Waals surface area contributed by atoms with Gasteiger partial charge in [-0.3, -0.25) is 0 Å². The predicted octanol–water partition coefficient (Wildman–Crippen LogP) is -1.29. The maximum Gasteiger partial charge on any atom is 0.0606 e. The number of hydrogen-bond donors (Lipinski definition) is 5. The van der Waals surface area contributed by atoms with Gasteiger partial charge in [-0.2, -0.15) is 0 Å². The second kappa shape index (κ2) is 16.0. The second-order valence-corrected chi connectivity index (χ2v) is 1.51. The minimum absolute atomic E-state index is 0.694. The summed E-state index contributed by atoms with van der Waals surface area (Å²) in [7, 11) is 0. The molecule has 7 heteroatoms. The van der Waals surface area contributed by atoms with Crippen molar-refractivity contribution in [3.05, 3.63) is 0 Å². The molecule has 0 radical (unpaired) electrons. The number of nitrogens with one attached hydrogen (secondary N) is 1. The second-order valence-electron chi connectivity index (χ2n) is 1.51. The lowest BCUT2D eigenvalue weighted by Crippen LogP contribution is -2.27. The van der Waals surface area contributed by atoms with Crippen LogP contribution in [0.2, 0.25) is 0 Å². The summed E-state index contributed by atoms with van der Waals surface area (Å²) in [6.45, 7) is 3.13. The van der Waals surface area contributed by atoms with Gasteiger partial charge in [-0.15, -0.1) is 0 Å². The summed E-state index contributed by atoms with van der Waals surface area (Å²) in [5.74, 6) is 0. The normalized spacial score (nSPS) is 9.27. The molecule has 0 saturated heterocycles. The van der Waals surface area contributed by atoms with Gasteiger partial charge in [0, 0.05) is 26.2 Å². The summed E-state index contributed by atoms with van der Waals surface area (Å²) in [5.41, 5.74) is 10.3. The Morgan fingerprint density at radius 2 is 1.36 bits per heavy atom. The van der Waals surface area contributed by atoms with Crippen molar-refractivity contribution in [2.24, 2.45) is 22.0 Å². The molecule has 0 bridgehead atoms. The topological polar surface area (TPSA) is 129 Å². The summed E-state index contributed by atoms with van der Waals surface area (Å²) < 4.78 is 0. The number of hydrogen-bond acceptors (Lipinski definition) is 5. The minimum Gasteiger partial charge on any atom is -0.392 e. The van der Waals surface area contributed by atoms with E-state index in [1.54, 1.807) is 0 Å². The Morgan fingerprint density at radius 1 is 1.00 bits per heavy atom. The largest absolute Gasteiger partial charge is 0.392 e. The van der Waals surface area contributed by atoms with E-state index < -0.39 is 0 Å². The van der Waals surface area contributed by atoms with E-state index in [1.165, 1.54) is 0 Å². The van der Waals surface area contributed by atoms with E-state index in [2.05, 4.69) is 5.32 Å². The molecular weight excluding hydrogens is 150 g/mol. The van der Waals surface area contributed by atoms with Crippen molar-refractivity contribution in [3.63, 3.8) is 0 Å². The zero-order valence-corrected chi connectivity index (χ0v) is 6.27. The molecule has 0 aliphatic heterocycles. The highest BCUT2D eigenvalue weighted by atomic mass is 16.5. The summed E-state index contributed by atoms with van der Waals surface area (Å²) in [6.07, 6.45) is 0. The fraction of sp³-hybridized carbons (Fsp3) is 1.00. The molecule has 0 amide bonds. The summed E-state index contributed by atoms with van der Waals surface area (Å²) in [4.78, 5) is 0. The fourth-order valence-electron chi connectivity index (χ4n) is 0.329. The van der Waals surface area contributed by atoms with Gasteiger partial charge in [-0.05, 0) is 0 Å². The first-order valence-corrected chi connectivity index (χ1v) is 3.12. The number of nitrogens with two attached hydrogens (primary N) is 2. The molecule has 0 heterocycles. The predicted molar refractivity (Wildman–Crippen MR) is 39.4 cm³/mol. The van der Waals surface area contributed by atoms with Crippen LogP contribution in [0, 0.1) is 0 Å². The Bertz CT molecular complexity index is 70.9. The lowest BCUT2D eigenvalue weighted by Gasteiger charge is -1.95.